The quantitative estimate of drug-likeness (QED) is 0.770. The fourth-order valence-corrected chi connectivity index (χ4v) is 2.52. The molecule has 0 unspecified atom stereocenters. The molecule has 9 heteroatoms. The van der Waals surface area contributed by atoms with Gasteiger partial charge in [0.25, 0.3) is 0 Å². The average Bonchev–Trinajstić information content (AvgIpc) is 3.16. The molecule has 0 aliphatic rings. The summed E-state index contributed by atoms with van der Waals surface area (Å²) in [5.74, 6) is 0.635. The monoisotopic (exact) mass is 325 g/mol. The number of thiazole rings is 1. The average molecular weight is 325 g/mol. The van der Waals surface area contributed by atoms with Crippen molar-refractivity contribution in [2.24, 2.45) is 0 Å². The Labute approximate surface area is 127 Å². The number of anilines is 1. The lowest BCUT2D eigenvalue weighted by molar-refractivity contribution is -0.134. The molecule has 2 aromatic heterocycles. The van der Waals surface area contributed by atoms with Gasteiger partial charge in [0.2, 0.25) is 0 Å². The summed E-state index contributed by atoms with van der Waals surface area (Å²) < 4.78 is 37.5. The Kier molecular flexibility index (Phi) is 3.80. The minimum atomic E-state index is -4.36. The molecule has 0 saturated carbocycles. The molecule has 1 aromatic carbocycles. The first kappa shape index (κ1) is 14.5. The van der Waals surface area contributed by atoms with Crippen LogP contribution in [0.2, 0.25) is 0 Å². The third kappa shape index (κ3) is 3.25. The maximum Gasteiger partial charge on any atom is 0.427 e. The van der Waals surface area contributed by atoms with Gasteiger partial charge >= 0.3 is 6.18 Å². The minimum absolute atomic E-state index is 0.234. The van der Waals surface area contributed by atoms with Gasteiger partial charge in [0.15, 0.2) is 11.0 Å². The van der Waals surface area contributed by atoms with E-state index in [9.17, 15) is 13.2 Å². The number of hydrogen-bond acceptors (Lipinski definition) is 5. The summed E-state index contributed by atoms with van der Waals surface area (Å²) in [4.78, 5) is 7.07. The van der Waals surface area contributed by atoms with Crippen molar-refractivity contribution in [3.63, 3.8) is 0 Å². The lowest BCUT2D eigenvalue weighted by atomic mass is 10.1. The van der Waals surface area contributed by atoms with Gasteiger partial charge < -0.3 is 5.32 Å². The van der Waals surface area contributed by atoms with Crippen LogP contribution >= 0.6 is 11.3 Å². The molecule has 3 rings (SSSR count). The highest BCUT2D eigenvalue weighted by molar-refractivity contribution is 7.15. The molecule has 22 heavy (non-hydrogen) atoms. The zero-order chi connectivity index (χ0) is 15.6. The molecule has 0 fully saturated rings. The van der Waals surface area contributed by atoms with Crippen LogP contribution in [0.25, 0.3) is 11.4 Å². The number of aromatic nitrogens is 4. The van der Waals surface area contributed by atoms with Gasteiger partial charge in [0.05, 0.1) is 6.20 Å². The second-order valence-corrected chi connectivity index (χ2v) is 5.45. The predicted octanol–water partition coefficient (Wildman–Crippen LogP) is 3.56. The van der Waals surface area contributed by atoms with Gasteiger partial charge in [-0.2, -0.15) is 18.3 Å². The number of H-pyrrole nitrogens is 1. The normalized spacial score (nSPS) is 11.6. The SMILES string of the molecule is FC(F)(F)c1cnc(NCc2cccc(-c3ncn[nH]3)c2)s1. The first-order valence-corrected chi connectivity index (χ1v) is 7.05. The Balaban J connectivity index is 1.69. The minimum Gasteiger partial charge on any atom is -0.357 e. The largest absolute Gasteiger partial charge is 0.427 e. The van der Waals surface area contributed by atoms with Gasteiger partial charge in [-0.05, 0) is 11.6 Å². The molecule has 0 aliphatic heterocycles. The zero-order valence-corrected chi connectivity index (χ0v) is 11.9. The van der Waals surface area contributed by atoms with Gasteiger partial charge in [-0.15, -0.1) is 0 Å². The van der Waals surface area contributed by atoms with E-state index in [0.717, 1.165) is 17.3 Å². The smallest absolute Gasteiger partial charge is 0.357 e. The third-order valence-corrected chi connectivity index (χ3v) is 3.84. The van der Waals surface area contributed by atoms with Crippen LogP contribution in [-0.2, 0) is 12.7 Å². The van der Waals surface area contributed by atoms with Crippen LogP contribution in [-0.4, -0.2) is 20.2 Å². The number of aromatic amines is 1. The molecule has 0 amide bonds. The van der Waals surface area contributed by atoms with E-state index in [-0.39, 0.29) is 5.13 Å². The van der Waals surface area contributed by atoms with Crippen LogP contribution in [0, 0.1) is 0 Å². The van der Waals surface area contributed by atoms with E-state index in [1.165, 1.54) is 6.33 Å². The molecule has 2 N–H and O–H groups in total. The number of alkyl halides is 3. The van der Waals surface area contributed by atoms with E-state index in [1.54, 1.807) is 0 Å². The second-order valence-electron chi connectivity index (χ2n) is 4.42. The molecular formula is C13H10F3N5S. The highest BCUT2D eigenvalue weighted by Crippen LogP contribution is 2.35. The molecule has 0 spiro atoms. The molecule has 0 bridgehead atoms. The van der Waals surface area contributed by atoms with Crippen LogP contribution in [0.4, 0.5) is 18.3 Å². The van der Waals surface area contributed by atoms with E-state index in [0.29, 0.717) is 23.7 Å². The number of halogens is 3. The highest BCUT2D eigenvalue weighted by atomic mass is 32.1. The van der Waals surface area contributed by atoms with Crippen molar-refractivity contribution in [3.05, 3.63) is 47.2 Å². The van der Waals surface area contributed by atoms with Crippen molar-refractivity contribution in [1.82, 2.24) is 20.2 Å². The van der Waals surface area contributed by atoms with Crippen molar-refractivity contribution >= 4 is 16.5 Å². The highest BCUT2D eigenvalue weighted by Gasteiger charge is 2.33. The number of benzene rings is 1. The van der Waals surface area contributed by atoms with Gasteiger partial charge in [0.1, 0.15) is 11.2 Å². The van der Waals surface area contributed by atoms with Crippen molar-refractivity contribution < 1.29 is 13.2 Å². The fraction of sp³-hybridized carbons (Fsp3) is 0.154. The van der Waals surface area contributed by atoms with Gasteiger partial charge in [0, 0.05) is 12.1 Å². The van der Waals surface area contributed by atoms with Crippen LogP contribution in [0.5, 0.6) is 0 Å². The first-order valence-electron chi connectivity index (χ1n) is 6.24. The van der Waals surface area contributed by atoms with Crippen LogP contribution < -0.4 is 5.32 Å². The summed E-state index contributed by atoms with van der Waals surface area (Å²) >= 11 is 0.585. The molecule has 0 atom stereocenters. The van der Waals surface area contributed by atoms with Gasteiger partial charge in [-0.25, -0.2) is 9.97 Å². The Morgan fingerprint density at radius 3 is 2.77 bits per heavy atom. The third-order valence-electron chi connectivity index (χ3n) is 2.84. The van der Waals surface area contributed by atoms with Crippen molar-refractivity contribution in [2.45, 2.75) is 12.7 Å². The number of rotatable bonds is 4. The molecule has 3 aromatic rings. The summed E-state index contributed by atoms with van der Waals surface area (Å²) in [7, 11) is 0. The van der Waals surface area contributed by atoms with E-state index < -0.39 is 11.1 Å². The first-order chi connectivity index (χ1) is 10.5. The standard InChI is InChI=1S/C13H10F3N5S/c14-13(15,16)10-6-18-12(22-10)17-5-8-2-1-3-9(4-8)11-19-7-20-21-11/h1-4,6-7H,5H2,(H,17,18)(H,19,20,21). The molecule has 114 valence electrons. The Bertz CT molecular complexity index is 751. The fourth-order valence-electron chi connectivity index (χ4n) is 1.84. The summed E-state index contributed by atoms with van der Waals surface area (Å²) in [6.07, 6.45) is -2.11. The summed E-state index contributed by atoms with van der Waals surface area (Å²) in [5.41, 5.74) is 1.75. The molecule has 0 radical (unpaired) electrons. The van der Waals surface area contributed by atoms with Gasteiger partial charge in [-0.3, -0.25) is 5.10 Å². The Hall–Kier alpha value is -2.42. The van der Waals surface area contributed by atoms with Crippen molar-refractivity contribution in [2.75, 3.05) is 5.32 Å². The number of nitrogens with zero attached hydrogens (tertiary/aromatic N) is 3. The van der Waals surface area contributed by atoms with E-state index in [4.69, 9.17) is 0 Å². The van der Waals surface area contributed by atoms with Crippen LogP contribution in [0.1, 0.15) is 10.4 Å². The molecular weight excluding hydrogens is 315 g/mol. The number of hydrogen-bond donors (Lipinski definition) is 2. The molecule has 0 aliphatic carbocycles. The number of nitrogens with one attached hydrogen (secondary N) is 2. The second kappa shape index (κ2) is 5.76. The molecule has 5 nitrogen and oxygen atoms in total. The van der Waals surface area contributed by atoms with Crippen molar-refractivity contribution in [3.8, 4) is 11.4 Å². The predicted molar refractivity (Wildman–Crippen MR) is 76.3 cm³/mol. The lowest BCUT2D eigenvalue weighted by Gasteiger charge is -2.05. The van der Waals surface area contributed by atoms with E-state index in [1.807, 2.05) is 24.3 Å². The zero-order valence-electron chi connectivity index (χ0n) is 11.1. The van der Waals surface area contributed by atoms with Crippen molar-refractivity contribution in [1.29, 1.82) is 0 Å². The maximum absolute atomic E-state index is 12.5. The van der Waals surface area contributed by atoms with Crippen LogP contribution in [0.3, 0.4) is 0 Å². The van der Waals surface area contributed by atoms with Gasteiger partial charge in [-0.1, -0.05) is 29.5 Å². The topological polar surface area (TPSA) is 66.5 Å². The van der Waals surface area contributed by atoms with Crippen LogP contribution in [0.15, 0.2) is 36.8 Å². The summed E-state index contributed by atoms with van der Waals surface area (Å²) in [5, 5.41) is 9.66. The summed E-state index contributed by atoms with van der Waals surface area (Å²) in [6, 6.07) is 7.46. The molecule has 2 heterocycles. The maximum atomic E-state index is 12.5. The molecule has 0 saturated heterocycles. The Morgan fingerprint density at radius 2 is 2.09 bits per heavy atom. The Morgan fingerprint density at radius 1 is 1.23 bits per heavy atom. The lowest BCUT2D eigenvalue weighted by Crippen LogP contribution is -2.01. The van der Waals surface area contributed by atoms with E-state index >= 15 is 0 Å². The van der Waals surface area contributed by atoms with E-state index in [2.05, 4.69) is 25.5 Å². The summed E-state index contributed by atoms with van der Waals surface area (Å²) in [6.45, 7) is 0.368.